The third kappa shape index (κ3) is 28.9. The van der Waals surface area contributed by atoms with E-state index in [-0.39, 0.29) is 14.6 Å². The molecule has 0 aliphatic carbocycles. The minimum absolute atomic E-state index is 0.0500. The molecule has 0 aromatic heterocycles. The maximum atomic E-state index is 2.81. The molecule has 0 aromatic carbocycles. The van der Waals surface area contributed by atoms with Gasteiger partial charge in [-0.05, 0) is 0 Å². The van der Waals surface area contributed by atoms with Gasteiger partial charge in [-0.2, -0.15) is 0 Å². The molecule has 0 bridgehead atoms. The summed E-state index contributed by atoms with van der Waals surface area (Å²) in [5, 5.41) is 1.12. The Morgan fingerprint density at radius 2 is 1.67 bits per heavy atom. The van der Waals surface area contributed by atoms with E-state index in [1.165, 1.54) is 0 Å². The average molecular weight is 477 g/mol. The van der Waals surface area contributed by atoms with Crippen LogP contribution < -0.4 is 0 Å². The van der Waals surface area contributed by atoms with E-state index < -0.39 is 0 Å². The fourth-order valence-corrected chi connectivity index (χ4v) is 0. The molecule has 0 heterocycles. The van der Waals surface area contributed by atoms with E-state index in [0.29, 0.717) is 0 Å². The summed E-state index contributed by atoms with van der Waals surface area (Å²) in [6, 6.07) is 0. The third-order valence-corrected chi connectivity index (χ3v) is 0. The van der Waals surface area contributed by atoms with Crippen molar-refractivity contribution < 1.29 is 0 Å². The Hall–Kier alpha value is 2.85. The zero-order valence-electron chi connectivity index (χ0n) is 3.45. The van der Waals surface area contributed by atoms with Crippen molar-refractivity contribution in [1.29, 1.82) is 0 Å². The molecule has 0 atom stereocenters. The molecule has 36 valence electrons. The maximum absolute atomic E-state index is 2.81. The van der Waals surface area contributed by atoms with E-state index in [1.807, 2.05) is 0 Å². The zero-order chi connectivity index (χ0) is 5.41. The zero-order valence-corrected chi connectivity index (χ0v) is 12.8. The van der Waals surface area contributed by atoms with Crippen molar-refractivity contribution in [3.63, 3.8) is 0 Å². The van der Waals surface area contributed by atoms with Gasteiger partial charge in [0.25, 0.3) is 0 Å². The van der Waals surface area contributed by atoms with Crippen molar-refractivity contribution >= 4 is 66.9 Å². The second kappa shape index (κ2) is 15.7. The van der Waals surface area contributed by atoms with Crippen molar-refractivity contribution in [2.75, 3.05) is 0 Å². The quantitative estimate of drug-likeness (QED) is 0.371. The second-order valence-corrected chi connectivity index (χ2v) is 26.4. The molecular formula is C2H5I2InSe. The molecule has 0 rings (SSSR count). The molecule has 0 aliphatic rings. The first-order valence-corrected chi connectivity index (χ1v) is 21.8. The second-order valence-electron chi connectivity index (χ2n) is 0.371. The summed E-state index contributed by atoms with van der Waals surface area (Å²) in [5.41, 5.74) is 0. The molecule has 0 unspecified atom stereocenters. The van der Waals surface area contributed by atoms with Crippen LogP contribution in [0, 0.1) is 0 Å². The van der Waals surface area contributed by atoms with Crippen LogP contribution in [0.2, 0.25) is 5.32 Å². The summed E-state index contributed by atoms with van der Waals surface area (Å²) in [6.45, 7) is 2.07. The molecule has 0 fully saturated rings. The first-order chi connectivity index (χ1) is 2.83. The summed E-state index contributed by atoms with van der Waals surface area (Å²) >= 11 is 7.79. The van der Waals surface area contributed by atoms with Gasteiger partial charge in [0.05, 0.1) is 0 Å². The fraction of sp³-hybridized carbons (Fsp3) is 1.00. The normalized spacial score (nSPS) is 5.33. The van der Waals surface area contributed by atoms with E-state index in [0.717, 1.165) is 5.32 Å². The van der Waals surface area contributed by atoms with Crippen LogP contribution in [0.15, 0.2) is 0 Å². The Bertz CT molecular complexity index is 13.5. The van der Waals surface area contributed by atoms with Gasteiger partial charge in [0.15, 0.2) is 0 Å². The van der Waals surface area contributed by atoms with Crippen LogP contribution in [0.25, 0.3) is 0 Å². The Morgan fingerprint density at radius 1 is 1.67 bits per heavy atom. The Labute approximate surface area is 77.3 Å². The van der Waals surface area contributed by atoms with Crippen LogP contribution in [0.3, 0.4) is 0 Å². The van der Waals surface area contributed by atoms with Gasteiger partial charge in [0.2, 0.25) is 0 Å². The predicted octanol–water partition coefficient (Wildman–Crippen LogP) is 1.98. The standard InChI is InChI=1S/C2H5Se.2HI.In/c1-2-3;;;/h2H2,1H3;2*1H;/q;;;+2/p-2. The molecule has 0 N–H and O–H groups in total. The van der Waals surface area contributed by atoms with Gasteiger partial charge in [-0.15, -0.1) is 0 Å². The van der Waals surface area contributed by atoms with Gasteiger partial charge in [0, 0.05) is 0 Å². The van der Waals surface area contributed by atoms with Crippen LogP contribution >= 0.6 is 36.3 Å². The number of hydrogen-bond donors (Lipinski definition) is 0. The summed E-state index contributed by atoms with van der Waals surface area (Å²) in [7, 11) is 0. The summed E-state index contributed by atoms with van der Waals surface area (Å²) in [5.74, 6) is 0. The molecular weight excluding hydrogens is 472 g/mol. The molecule has 0 aliphatic heterocycles. The fourth-order valence-electron chi connectivity index (χ4n) is 0. The molecule has 0 saturated heterocycles. The first kappa shape index (κ1) is 11.6. The van der Waals surface area contributed by atoms with Gasteiger partial charge in [0.1, 0.15) is 0 Å². The minimum atomic E-state index is 0.0500. The predicted molar refractivity (Wildman–Crippen MR) is 50.0 cm³/mol. The molecule has 0 spiro atoms. The van der Waals surface area contributed by atoms with Gasteiger partial charge in [-0.25, -0.2) is 0 Å². The number of halogens is 2. The van der Waals surface area contributed by atoms with Crippen molar-refractivity contribution in [2.24, 2.45) is 0 Å². The third-order valence-electron chi connectivity index (χ3n) is 0. The van der Waals surface area contributed by atoms with Gasteiger partial charge >= 0.3 is 79.1 Å². The Morgan fingerprint density at radius 3 is 1.67 bits per heavy atom. The molecule has 0 nitrogen and oxygen atoms in total. The number of rotatable bonds is 0. The average Bonchev–Trinajstić information content (AvgIpc) is 1.39. The van der Waals surface area contributed by atoms with Crippen LogP contribution in [0.1, 0.15) is 6.92 Å². The van der Waals surface area contributed by atoms with Crippen LogP contribution in [-0.4, -0.2) is 30.6 Å². The summed E-state index contributed by atoms with van der Waals surface area (Å²) < 4.78 is 0. The molecule has 2 radical (unpaired) electrons. The number of hydrogen-bond acceptors (Lipinski definition) is 0. The SMILES string of the molecule is CC[Se].[I][In][I]. The van der Waals surface area contributed by atoms with E-state index in [2.05, 4.69) is 59.2 Å². The summed E-state index contributed by atoms with van der Waals surface area (Å²) in [4.78, 5) is 0. The topological polar surface area (TPSA) is 0 Å². The Kier molecular flexibility index (Phi) is 30.3. The monoisotopic (exact) mass is 478 g/mol. The van der Waals surface area contributed by atoms with Crippen LogP contribution in [-0.2, 0) is 0 Å². The van der Waals surface area contributed by atoms with Gasteiger partial charge < -0.3 is 0 Å². The van der Waals surface area contributed by atoms with E-state index in [1.54, 1.807) is 0 Å². The van der Waals surface area contributed by atoms with Crippen molar-refractivity contribution in [3.05, 3.63) is 0 Å². The van der Waals surface area contributed by atoms with Crippen LogP contribution in [0.5, 0.6) is 0 Å². The van der Waals surface area contributed by atoms with E-state index in [4.69, 9.17) is 0 Å². The van der Waals surface area contributed by atoms with E-state index in [9.17, 15) is 0 Å². The molecule has 6 heavy (non-hydrogen) atoms. The van der Waals surface area contributed by atoms with Gasteiger partial charge in [-0.1, -0.05) is 0 Å². The molecule has 4 heteroatoms. The van der Waals surface area contributed by atoms with Crippen molar-refractivity contribution in [2.45, 2.75) is 12.2 Å². The molecule has 0 aromatic rings. The molecule has 0 amide bonds. The van der Waals surface area contributed by atoms with Crippen molar-refractivity contribution in [3.8, 4) is 0 Å². The first-order valence-electron chi connectivity index (χ1n) is 1.43. The van der Waals surface area contributed by atoms with Crippen LogP contribution in [0.4, 0.5) is 0 Å². The van der Waals surface area contributed by atoms with E-state index >= 15 is 0 Å². The van der Waals surface area contributed by atoms with Gasteiger partial charge in [-0.3, -0.25) is 0 Å². The molecule has 0 saturated carbocycles. The Balaban J connectivity index is 0. The summed E-state index contributed by atoms with van der Waals surface area (Å²) in [6.07, 6.45) is 0. The van der Waals surface area contributed by atoms with Crippen molar-refractivity contribution in [1.82, 2.24) is 0 Å².